The lowest BCUT2D eigenvalue weighted by atomic mass is 10.3. The quantitative estimate of drug-likeness (QED) is 0.822. The Morgan fingerprint density at radius 3 is 2.92 bits per heavy atom. The van der Waals surface area contributed by atoms with Gasteiger partial charge in [0, 0.05) is 6.07 Å². The molecule has 0 aliphatic heterocycles. The van der Waals surface area contributed by atoms with E-state index in [2.05, 4.69) is 21.1 Å². The predicted octanol–water partition coefficient (Wildman–Crippen LogP) is 2.90. The van der Waals surface area contributed by atoms with Gasteiger partial charge in [0.15, 0.2) is 5.76 Å². The van der Waals surface area contributed by atoms with Crippen LogP contribution in [-0.2, 0) is 11.3 Å². The summed E-state index contributed by atoms with van der Waals surface area (Å²) in [5, 5.41) is 3.72. The first kappa shape index (κ1) is 9.21. The zero-order valence-corrected chi connectivity index (χ0v) is 8.92. The molecule has 4 heteroatoms. The average Bonchev–Trinajstić information content (AvgIpc) is 2.71. The maximum atomic E-state index is 5.65. The van der Waals surface area contributed by atoms with Crippen LogP contribution in [0.25, 0.3) is 0 Å². The molecule has 0 saturated heterocycles. The van der Waals surface area contributed by atoms with Gasteiger partial charge in [0.2, 0.25) is 0 Å². The van der Waals surface area contributed by atoms with Crippen LogP contribution in [-0.4, -0.2) is 11.3 Å². The molecule has 72 valence electrons. The monoisotopic (exact) mass is 245 g/mol. The molecular weight excluding hydrogens is 234 g/mol. The second kappa shape index (κ2) is 4.24. The second-order valence-corrected chi connectivity index (χ2v) is 4.15. The maximum absolute atomic E-state index is 5.65. The highest BCUT2D eigenvalue weighted by molar-refractivity contribution is 9.10. The molecule has 0 aromatic carbocycles. The van der Waals surface area contributed by atoms with Gasteiger partial charge in [-0.25, -0.2) is 0 Å². The Morgan fingerprint density at radius 1 is 1.54 bits per heavy atom. The lowest BCUT2D eigenvalue weighted by molar-refractivity contribution is 0.0330. The molecule has 0 bridgehead atoms. The molecule has 1 aromatic rings. The number of hydrogen-bond acceptors (Lipinski definition) is 3. The van der Waals surface area contributed by atoms with Crippen LogP contribution in [0.15, 0.2) is 15.2 Å². The van der Waals surface area contributed by atoms with Crippen LogP contribution in [0.1, 0.15) is 31.4 Å². The minimum absolute atomic E-state index is 0.434. The van der Waals surface area contributed by atoms with E-state index in [-0.39, 0.29) is 0 Å². The molecular formula is C9H12BrNO2. The molecule has 3 nitrogen and oxygen atoms in total. The molecule has 1 aromatic heterocycles. The van der Waals surface area contributed by atoms with Crippen molar-refractivity contribution in [3.05, 3.63) is 16.4 Å². The molecule has 0 unspecified atom stereocenters. The van der Waals surface area contributed by atoms with Crippen LogP contribution in [0.2, 0.25) is 0 Å². The summed E-state index contributed by atoms with van der Waals surface area (Å²) in [5.74, 6) is 0.791. The van der Waals surface area contributed by atoms with Gasteiger partial charge < -0.3 is 9.26 Å². The third kappa shape index (κ3) is 2.54. The summed E-state index contributed by atoms with van der Waals surface area (Å²) in [6, 6.07) is 1.84. The highest BCUT2D eigenvalue weighted by Crippen LogP contribution is 2.22. The fourth-order valence-electron chi connectivity index (χ4n) is 1.61. The number of ether oxygens (including phenoxy) is 1. The standard InChI is InChI=1S/C9H12BrNO2/c10-9-5-8(13-11-9)6-12-7-3-1-2-4-7/h5,7H,1-4,6H2. The van der Waals surface area contributed by atoms with Crippen LogP contribution in [0, 0.1) is 0 Å². The maximum Gasteiger partial charge on any atom is 0.163 e. The van der Waals surface area contributed by atoms with Crippen molar-refractivity contribution in [2.45, 2.75) is 38.4 Å². The zero-order valence-electron chi connectivity index (χ0n) is 7.33. The van der Waals surface area contributed by atoms with Gasteiger partial charge >= 0.3 is 0 Å². The summed E-state index contributed by atoms with van der Waals surface area (Å²) in [4.78, 5) is 0. The van der Waals surface area contributed by atoms with Crippen LogP contribution < -0.4 is 0 Å². The Kier molecular flexibility index (Phi) is 3.01. The normalized spacial score (nSPS) is 18.2. The zero-order chi connectivity index (χ0) is 9.10. The Bertz CT molecular complexity index is 268. The summed E-state index contributed by atoms with van der Waals surface area (Å²) in [5.41, 5.74) is 0. The molecule has 13 heavy (non-hydrogen) atoms. The van der Waals surface area contributed by atoms with Crippen LogP contribution in [0.3, 0.4) is 0 Å². The minimum Gasteiger partial charge on any atom is -0.370 e. The molecule has 0 amide bonds. The number of halogens is 1. The van der Waals surface area contributed by atoms with Gasteiger partial charge in [-0.3, -0.25) is 0 Å². The summed E-state index contributed by atoms with van der Waals surface area (Å²) in [6.07, 6.45) is 5.41. The predicted molar refractivity (Wildman–Crippen MR) is 51.2 cm³/mol. The van der Waals surface area contributed by atoms with Gasteiger partial charge in [0.25, 0.3) is 0 Å². The van der Waals surface area contributed by atoms with E-state index in [1.54, 1.807) is 0 Å². The molecule has 1 heterocycles. The van der Waals surface area contributed by atoms with Crippen molar-refractivity contribution in [1.29, 1.82) is 0 Å². The summed E-state index contributed by atoms with van der Waals surface area (Å²) >= 11 is 3.23. The van der Waals surface area contributed by atoms with E-state index in [1.807, 2.05) is 6.07 Å². The molecule has 1 saturated carbocycles. The Hall–Kier alpha value is -0.350. The second-order valence-electron chi connectivity index (χ2n) is 3.33. The van der Waals surface area contributed by atoms with Gasteiger partial charge in [-0.15, -0.1) is 0 Å². The lowest BCUT2D eigenvalue weighted by Gasteiger charge is -2.07. The summed E-state index contributed by atoms with van der Waals surface area (Å²) < 4.78 is 11.4. The number of hydrogen-bond donors (Lipinski definition) is 0. The van der Waals surface area contributed by atoms with Gasteiger partial charge in [-0.05, 0) is 28.8 Å². The van der Waals surface area contributed by atoms with Crippen LogP contribution >= 0.6 is 15.9 Å². The fourth-order valence-corrected chi connectivity index (χ4v) is 1.94. The van der Waals surface area contributed by atoms with Crippen molar-refractivity contribution in [1.82, 2.24) is 5.16 Å². The third-order valence-electron chi connectivity index (χ3n) is 2.29. The lowest BCUT2D eigenvalue weighted by Crippen LogP contribution is -2.06. The van der Waals surface area contributed by atoms with Crippen molar-refractivity contribution >= 4 is 15.9 Å². The molecule has 0 radical (unpaired) electrons. The van der Waals surface area contributed by atoms with Crippen LogP contribution in [0.4, 0.5) is 0 Å². The van der Waals surface area contributed by atoms with Crippen molar-refractivity contribution in [3.63, 3.8) is 0 Å². The van der Waals surface area contributed by atoms with E-state index in [9.17, 15) is 0 Å². The Morgan fingerprint density at radius 2 is 2.31 bits per heavy atom. The van der Waals surface area contributed by atoms with E-state index < -0.39 is 0 Å². The SMILES string of the molecule is Brc1cc(COC2CCCC2)on1. The molecule has 1 fully saturated rings. The van der Waals surface area contributed by atoms with Crippen molar-refractivity contribution in [3.8, 4) is 0 Å². The molecule has 0 atom stereocenters. The molecule has 1 aliphatic rings. The summed E-state index contributed by atoms with van der Waals surface area (Å²) in [6.45, 7) is 0.545. The topological polar surface area (TPSA) is 35.3 Å². The first-order valence-electron chi connectivity index (χ1n) is 4.57. The Balaban J connectivity index is 1.78. The highest BCUT2D eigenvalue weighted by Gasteiger charge is 2.15. The molecule has 2 rings (SSSR count). The average molecular weight is 246 g/mol. The van der Waals surface area contributed by atoms with E-state index in [4.69, 9.17) is 9.26 Å². The number of rotatable bonds is 3. The van der Waals surface area contributed by atoms with Crippen molar-refractivity contribution < 1.29 is 9.26 Å². The van der Waals surface area contributed by atoms with Gasteiger partial charge in [0.05, 0.1) is 6.10 Å². The fraction of sp³-hybridized carbons (Fsp3) is 0.667. The largest absolute Gasteiger partial charge is 0.370 e. The van der Waals surface area contributed by atoms with Gasteiger partial charge in [-0.1, -0.05) is 18.0 Å². The van der Waals surface area contributed by atoms with Crippen molar-refractivity contribution in [2.24, 2.45) is 0 Å². The highest BCUT2D eigenvalue weighted by atomic mass is 79.9. The first-order chi connectivity index (χ1) is 6.34. The van der Waals surface area contributed by atoms with E-state index >= 15 is 0 Å². The van der Waals surface area contributed by atoms with E-state index in [1.165, 1.54) is 25.7 Å². The molecule has 0 N–H and O–H groups in total. The third-order valence-corrected chi connectivity index (χ3v) is 2.67. The van der Waals surface area contributed by atoms with Gasteiger partial charge in [-0.2, -0.15) is 0 Å². The molecule has 0 spiro atoms. The van der Waals surface area contributed by atoms with Crippen LogP contribution in [0.5, 0.6) is 0 Å². The molecule has 1 aliphatic carbocycles. The van der Waals surface area contributed by atoms with Gasteiger partial charge in [0.1, 0.15) is 11.2 Å². The van der Waals surface area contributed by atoms with E-state index in [0.29, 0.717) is 12.7 Å². The Labute approximate surface area is 85.6 Å². The van der Waals surface area contributed by atoms with E-state index in [0.717, 1.165) is 10.4 Å². The number of nitrogens with zero attached hydrogens (tertiary/aromatic N) is 1. The smallest absolute Gasteiger partial charge is 0.163 e. The number of aromatic nitrogens is 1. The first-order valence-corrected chi connectivity index (χ1v) is 5.36. The minimum atomic E-state index is 0.434. The summed E-state index contributed by atoms with van der Waals surface area (Å²) in [7, 11) is 0. The van der Waals surface area contributed by atoms with Crippen molar-refractivity contribution in [2.75, 3.05) is 0 Å².